The predicted octanol–water partition coefficient (Wildman–Crippen LogP) is 3.98. The molecule has 0 saturated carbocycles. The first kappa shape index (κ1) is 20.7. The molecule has 0 bridgehead atoms. The second-order valence-corrected chi connectivity index (χ2v) is 8.42. The molecule has 1 spiro atoms. The average molecular weight is 420 g/mol. The van der Waals surface area contributed by atoms with Gasteiger partial charge in [0, 0.05) is 18.7 Å². The van der Waals surface area contributed by atoms with Crippen molar-refractivity contribution >= 4 is 23.6 Å². The van der Waals surface area contributed by atoms with Gasteiger partial charge in [-0.1, -0.05) is 17.7 Å². The van der Waals surface area contributed by atoms with Crippen molar-refractivity contribution in [3.8, 4) is 0 Å². The Hall–Kier alpha value is -2.03. The van der Waals surface area contributed by atoms with Crippen LogP contribution in [0.1, 0.15) is 49.7 Å². The number of hydrogen-bond acceptors (Lipinski definition) is 4. The molecule has 6 nitrogen and oxygen atoms in total. The fraction of sp³-hybridized carbons (Fsp3) is 0.611. The molecule has 1 fully saturated rings. The Kier molecular flexibility index (Phi) is 5.02. The van der Waals surface area contributed by atoms with E-state index in [1.54, 1.807) is 26.8 Å². The fourth-order valence-corrected chi connectivity index (χ4v) is 3.92. The van der Waals surface area contributed by atoms with Gasteiger partial charge in [0.25, 0.3) is 5.91 Å². The van der Waals surface area contributed by atoms with E-state index in [1.807, 2.05) is 0 Å². The second kappa shape index (κ2) is 6.79. The Morgan fingerprint density at radius 1 is 1.25 bits per heavy atom. The molecular weight excluding hydrogens is 399 g/mol. The van der Waals surface area contributed by atoms with E-state index in [4.69, 9.17) is 16.3 Å². The first-order valence-corrected chi connectivity index (χ1v) is 9.24. The molecule has 2 amide bonds. The van der Waals surface area contributed by atoms with Crippen molar-refractivity contribution in [3.05, 3.63) is 28.5 Å². The number of fused-ring (bicyclic) bond motifs is 2. The minimum atomic E-state index is -4.56. The minimum absolute atomic E-state index is 0.0438. The predicted molar refractivity (Wildman–Crippen MR) is 95.1 cm³/mol. The van der Waals surface area contributed by atoms with E-state index in [9.17, 15) is 22.8 Å². The molecule has 3 heterocycles. The van der Waals surface area contributed by atoms with E-state index < -0.39 is 35.9 Å². The van der Waals surface area contributed by atoms with Crippen molar-refractivity contribution in [1.29, 1.82) is 0 Å². The monoisotopic (exact) mass is 419 g/mol. The number of ether oxygens (including phenoxy) is 1. The van der Waals surface area contributed by atoms with E-state index in [0.29, 0.717) is 5.56 Å². The summed E-state index contributed by atoms with van der Waals surface area (Å²) in [6.07, 6.45) is -4.77. The van der Waals surface area contributed by atoms with Gasteiger partial charge in [-0.25, -0.2) is 9.78 Å². The lowest BCUT2D eigenvalue weighted by Crippen LogP contribution is -2.55. The highest BCUT2D eigenvalue weighted by Gasteiger charge is 2.55. The minimum Gasteiger partial charge on any atom is -0.444 e. The third kappa shape index (κ3) is 3.90. The maximum absolute atomic E-state index is 13.2. The number of alkyl halides is 3. The van der Waals surface area contributed by atoms with Gasteiger partial charge < -0.3 is 14.5 Å². The third-order valence-electron chi connectivity index (χ3n) is 4.91. The van der Waals surface area contributed by atoms with Crippen LogP contribution in [0.3, 0.4) is 0 Å². The van der Waals surface area contributed by atoms with Crippen molar-refractivity contribution < 1.29 is 27.5 Å². The lowest BCUT2D eigenvalue weighted by molar-refractivity contribution is -0.154. The summed E-state index contributed by atoms with van der Waals surface area (Å²) in [5, 5.41) is 0.0438. The van der Waals surface area contributed by atoms with Crippen molar-refractivity contribution in [2.24, 2.45) is 0 Å². The van der Waals surface area contributed by atoms with Crippen LogP contribution in [-0.4, -0.2) is 58.2 Å². The zero-order valence-electron chi connectivity index (χ0n) is 15.8. The Bertz CT molecular complexity index is 799. The summed E-state index contributed by atoms with van der Waals surface area (Å²) in [7, 11) is 0. The number of amides is 2. The van der Waals surface area contributed by atoms with E-state index in [0.717, 1.165) is 4.90 Å². The number of rotatable bonds is 1. The maximum atomic E-state index is 13.2. The molecule has 154 valence electrons. The summed E-state index contributed by atoms with van der Waals surface area (Å²) in [5.74, 6) is -0.791. The quantitative estimate of drug-likeness (QED) is 0.646. The molecule has 0 aromatic carbocycles. The van der Waals surface area contributed by atoms with Crippen LogP contribution in [0.4, 0.5) is 18.0 Å². The number of halogens is 4. The molecule has 1 aromatic heterocycles. The maximum Gasteiger partial charge on any atom is 0.410 e. The number of carbonyl (C=O) groups is 2. The number of carbonyl (C=O) groups excluding carboxylic acids is 2. The number of aromatic nitrogens is 1. The highest BCUT2D eigenvalue weighted by molar-refractivity contribution is 6.29. The van der Waals surface area contributed by atoms with Crippen LogP contribution in [0, 0.1) is 0 Å². The normalized spacial score (nSPS) is 19.2. The summed E-state index contributed by atoms with van der Waals surface area (Å²) < 4.78 is 44.9. The first-order valence-electron chi connectivity index (χ1n) is 8.86. The van der Waals surface area contributed by atoms with E-state index in [1.165, 1.54) is 11.0 Å². The van der Waals surface area contributed by atoms with Gasteiger partial charge in [-0.3, -0.25) is 4.79 Å². The van der Waals surface area contributed by atoms with Gasteiger partial charge in [-0.05, 0) is 39.7 Å². The molecule has 0 N–H and O–H groups in total. The van der Waals surface area contributed by atoms with Gasteiger partial charge in [0.1, 0.15) is 23.0 Å². The molecule has 28 heavy (non-hydrogen) atoms. The molecule has 0 aliphatic carbocycles. The van der Waals surface area contributed by atoms with Crippen molar-refractivity contribution in [2.45, 2.75) is 50.9 Å². The zero-order chi connectivity index (χ0) is 20.9. The molecular formula is C18H21ClF3N3O3. The van der Waals surface area contributed by atoms with Gasteiger partial charge in [0.2, 0.25) is 0 Å². The number of hydrogen-bond donors (Lipinski definition) is 0. The molecule has 0 unspecified atom stereocenters. The van der Waals surface area contributed by atoms with E-state index in [2.05, 4.69) is 4.98 Å². The average Bonchev–Trinajstić information content (AvgIpc) is 2.75. The molecule has 3 rings (SSSR count). The molecule has 2 aliphatic rings. The Labute approximate surface area is 165 Å². The molecule has 1 saturated heterocycles. The Morgan fingerprint density at radius 3 is 2.39 bits per heavy atom. The molecule has 0 atom stereocenters. The smallest absolute Gasteiger partial charge is 0.410 e. The topological polar surface area (TPSA) is 62.7 Å². The van der Waals surface area contributed by atoms with Crippen molar-refractivity contribution in [2.75, 3.05) is 19.6 Å². The molecule has 10 heteroatoms. The lowest BCUT2D eigenvalue weighted by atomic mass is 9.81. The van der Waals surface area contributed by atoms with Crippen molar-refractivity contribution in [1.82, 2.24) is 14.8 Å². The Morgan fingerprint density at radius 2 is 1.86 bits per heavy atom. The van der Waals surface area contributed by atoms with E-state index in [-0.39, 0.29) is 36.8 Å². The van der Waals surface area contributed by atoms with Crippen molar-refractivity contribution in [3.63, 3.8) is 0 Å². The molecule has 1 aromatic rings. The zero-order valence-corrected chi connectivity index (χ0v) is 16.5. The van der Waals surface area contributed by atoms with Gasteiger partial charge in [0.05, 0.1) is 5.54 Å². The number of pyridine rings is 1. The summed E-state index contributed by atoms with van der Waals surface area (Å²) in [6.45, 7) is 4.16. The number of piperidine rings is 1. The van der Waals surface area contributed by atoms with Gasteiger partial charge >= 0.3 is 12.3 Å². The first-order chi connectivity index (χ1) is 12.8. The van der Waals surface area contributed by atoms with Crippen LogP contribution < -0.4 is 0 Å². The van der Waals surface area contributed by atoms with Crippen LogP contribution in [0.5, 0.6) is 0 Å². The SMILES string of the molecule is CC(C)(C)OC(=O)N1CCC2(CC1)c1ccc(Cl)nc1C(=O)N2CC(F)(F)F. The van der Waals surface area contributed by atoms with Crippen LogP contribution >= 0.6 is 11.6 Å². The standard InChI is InChI=1S/C18H21ClF3N3O3/c1-16(2,3)28-15(27)24-8-6-17(7-9-24)11-4-5-12(19)23-13(11)14(26)25(17)10-18(20,21)22/h4-5H,6-10H2,1-3H3. The van der Waals surface area contributed by atoms with Crippen LogP contribution in [0.15, 0.2) is 12.1 Å². The summed E-state index contributed by atoms with van der Waals surface area (Å²) in [5.41, 5.74) is -1.47. The number of nitrogens with zero attached hydrogens (tertiary/aromatic N) is 3. The fourth-order valence-electron chi connectivity index (χ4n) is 3.77. The second-order valence-electron chi connectivity index (χ2n) is 8.04. The largest absolute Gasteiger partial charge is 0.444 e. The van der Waals surface area contributed by atoms with Gasteiger partial charge in [-0.2, -0.15) is 13.2 Å². The highest BCUT2D eigenvalue weighted by Crippen LogP contribution is 2.47. The van der Waals surface area contributed by atoms with Crippen LogP contribution in [0.2, 0.25) is 5.15 Å². The lowest BCUT2D eigenvalue weighted by Gasteiger charge is -2.45. The van der Waals surface area contributed by atoms with E-state index >= 15 is 0 Å². The number of likely N-dealkylation sites (tertiary alicyclic amines) is 1. The molecule has 0 radical (unpaired) electrons. The van der Waals surface area contributed by atoms with Crippen LogP contribution in [0.25, 0.3) is 0 Å². The highest BCUT2D eigenvalue weighted by atomic mass is 35.5. The summed E-state index contributed by atoms with van der Waals surface area (Å²) in [6, 6.07) is 3.02. The Balaban J connectivity index is 1.90. The van der Waals surface area contributed by atoms with Gasteiger partial charge in [-0.15, -0.1) is 0 Å². The summed E-state index contributed by atoms with van der Waals surface area (Å²) >= 11 is 5.85. The van der Waals surface area contributed by atoms with Gasteiger partial charge in [0.15, 0.2) is 0 Å². The summed E-state index contributed by atoms with van der Waals surface area (Å²) in [4.78, 5) is 31.2. The molecule has 2 aliphatic heterocycles. The third-order valence-corrected chi connectivity index (χ3v) is 5.12. The van der Waals surface area contributed by atoms with Crippen LogP contribution in [-0.2, 0) is 10.3 Å².